The van der Waals surface area contributed by atoms with Crippen LogP contribution in [0.15, 0.2) is 144 Å². The molecule has 0 heterocycles. The molecule has 6 nitrogen and oxygen atoms in total. The number of amides is 3. The molecule has 5 aromatic rings. The molecule has 1 unspecified atom stereocenters. The predicted molar refractivity (Wildman–Crippen MR) is 178 cm³/mol. The monoisotopic (exact) mass is 635 g/mol. The molecule has 3 amide bonds. The van der Waals surface area contributed by atoms with Gasteiger partial charge >= 0.3 is 0 Å². The quantitative estimate of drug-likeness (QED) is 0.106. The van der Waals surface area contributed by atoms with E-state index in [2.05, 4.69) is 16.0 Å². The van der Waals surface area contributed by atoms with E-state index < -0.39 is 22.9 Å². The fraction of sp³-hybridized carbons (Fsp3) is 0.0278. The van der Waals surface area contributed by atoms with Gasteiger partial charge in [0, 0.05) is 32.4 Å². The second-order valence-corrected chi connectivity index (χ2v) is 11.4. The minimum Gasteiger partial charge on any atom is -0.325 e. The normalized spacial score (nSPS) is 11.7. The summed E-state index contributed by atoms with van der Waals surface area (Å²) in [7, 11) is 0. The molecule has 0 saturated heterocycles. The van der Waals surface area contributed by atoms with E-state index in [0.29, 0.717) is 22.0 Å². The first kappa shape index (κ1) is 31.3. The third kappa shape index (κ3) is 8.69. The first-order valence-corrected chi connectivity index (χ1v) is 15.1. The Morgan fingerprint density at radius 3 is 2.07 bits per heavy atom. The zero-order valence-corrected chi connectivity index (χ0v) is 25.3. The van der Waals surface area contributed by atoms with Crippen molar-refractivity contribution in [1.82, 2.24) is 5.32 Å². The molecule has 0 aliphatic carbocycles. The summed E-state index contributed by atoms with van der Waals surface area (Å²) in [6.45, 7) is 0. The van der Waals surface area contributed by atoms with Crippen LogP contribution >= 0.6 is 23.4 Å². The van der Waals surface area contributed by atoms with Crippen LogP contribution in [0.25, 0.3) is 6.08 Å². The molecule has 0 aliphatic heterocycles. The highest BCUT2D eigenvalue weighted by molar-refractivity contribution is 8.00. The largest absolute Gasteiger partial charge is 0.325 e. The second-order valence-electron chi connectivity index (χ2n) is 9.79. The summed E-state index contributed by atoms with van der Waals surface area (Å²) < 4.78 is 14.4. The van der Waals surface area contributed by atoms with Crippen LogP contribution in [0.4, 0.5) is 15.8 Å². The van der Waals surface area contributed by atoms with Crippen LogP contribution in [0.3, 0.4) is 0 Å². The molecule has 0 radical (unpaired) electrons. The maximum atomic E-state index is 14.4. The Morgan fingerprint density at radius 1 is 0.711 bits per heavy atom. The van der Waals surface area contributed by atoms with Crippen LogP contribution in [0, 0.1) is 5.82 Å². The van der Waals surface area contributed by atoms with Crippen LogP contribution < -0.4 is 16.0 Å². The average molecular weight is 636 g/mol. The first-order chi connectivity index (χ1) is 21.9. The standard InChI is InChI=1S/C36H27ClFN3O3S/c37-27-15-9-16-29(23-27)40-36(44)33(24-10-3-1-4-11-24)45-30-20-18-28(19-21-30)39-35(43)32(22-26-14-7-8-17-31(26)38)41-34(42)25-12-5-2-6-13-25/h1-23,33H,(H,39,43)(H,40,44)(H,41,42)/b32-22-. The number of carbonyl (C=O) groups is 3. The minimum atomic E-state index is -0.633. The van der Waals surface area contributed by atoms with Crippen molar-refractivity contribution in [2.45, 2.75) is 10.1 Å². The summed E-state index contributed by atoms with van der Waals surface area (Å²) in [4.78, 5) is 40.4. The lowest BCUT2D eigenvalue weighted by Gasteiger charge is -2.18. The van der Waals surface area contributed by atoms with Gasteiger partial charge < -0.3 is 16.0 Å². The van der Waals surface area contributed by atoms with Gasteiger partial charge in [-0.2, -0.15) is 0 Å². The van der Waals surface area contributed by atoms with Gasteiger partial charge in [0.15, 0.2) is 0 Å². The molecular weight excluding hydrogens is 609 g/mol. The fourth-order valence-corrected chi connectivity index (χ4v) is 5.53. The molecule has 5 rings (SSSR count). The molecular formula is C36H27ClFN3O3S. The Bertz CT molecular complexity index is 1830. The van der Waals surface area contributed by atoms with E-state index in [9.17, 15) is 18.8 Å². The van der Waals surface area contributed by atoms with Gasteiger partial charge in [-0.1, -0.05) is 84.4 Å². The number of anilines is 2. The van der Waals surface area contributed by atoms with Crippen molar-refractivity contribution in [3.63, 3.8) is 0 Å². The number of nitrogens with one attached hydrogen (secondary N) is 3. The van der Waals surface area contributed by atoms with E-state index in [1.54, 1.807) is 84.9 Å². The van der Waals surface area contributed by atoms with Crippen LogP contribution in [0.5, 0.6) is 0 Å². The molecule has 1 atom stereocenters. The van der Waals surface area contributed by atoms with Crippen molar-refractivity contribution in [2.75, 3.05) is 10.6 Å². The van der Waals surface area contributed by atoms with Gasteiger partial charge in [0.25, 0.3) is 11.8 Å². The van der Waals surface area contributed by atoms with E-state index in [-0.39, 0.29) is 17.2 Å². The molecule has 0 spiro atoms. The number of benzene rings is 5. The van der Waals surface area contributed by atoms with Gasteiger partial charge in [-0.15, -0.1) is 11.8 Å². The Hall–Kier alpha value is -5.18. The Kier molecular flexibility index (Phi) is 10.4. The zero-order valence-electron chi connectivity index (χ0n) is 23.7. The molecule has 0 bridgehead atoms. The summed E-state index contributed by atoms with van der Waals surface area (Å²) in [6.07, 6.45) is 1.29. The van der Waals surface area contributed by atoms with Crippen LogP contribution in [-0.4, -0.2) is 17.7 Å². The summed E-state index contributed by atoms with van der Waals surface area (Å²) in [6, 6.07) is 37.7. The van der Waals surface area contributed by atoms with Gasteiger partial charge in [0.2, 0.25) is 5.91 Å². The molecule has 224 valence electrons. The highest BCUT2D eigenvalue weighted by atomic mass is 35.5. The van der Waals surface area contributed by atoms with Crippen molar-refractivity contribution < 1.29 is 18.8 Å². The van der Waals surface area contributed by atoms with Gasteiger partial charge in [-0.05, 0) is 72.3 Å². The SMILES string of the molecule is O=C(Nc1ccc(SC(C(=O)Nc2cccc(Cl)c2)c2ccccc2)cc1)/C(=C/c1ccccc1F)NC(=O)c1ccccc1. The third-order valence-corrected chi connectivity index (χ3v) is 8.03. The van der Waals surface area contributed by atoms with E-state index in [0.717, 1.165) is 10.5 Å². The Morgan fingerprint density at radius 2 is 1.38 bits per heavy atom. The molecule has 45 heavy (non-hydrogen) atoms. The number of thioether (sulfide) groups is 1. The smallest absolute Gasteiger partial charge is 0.272 e. The maximum absolute atomic E-state index is 14.4. The Labute approximate surface area is 269 Å². The Balaban J connectivity index is 1.33. The fourth-order valence-electron chi connectivity index (χ4n) is 4.32. The lowest BCUT2D eigenvalue weighted by molar-refractivity contribution is -0.116. The van der Waals surface area contributed by atoms with E-state index in [1.807, 2.05) is 30.3 Å². The highest BCUT2D eigenvalue weighted by Crippen LogP contribution is 2.37. The second kappa shape index (κ2) is 15.0. The zero-order chi connectivity index (χ0) is 31.6. The minimum absolute atomic E-state index is 0.130. The van der Waals surface area contributed by atoms with E-state index in [1.165, 1.54) is 36.0 Å². The van der Waals surface area contributed by atoms with Crippen LogP contribution in [0.2, 0.25) is 5.02 Å². The number of rotatable bonds is 10. The van der Waals surface area contributed by atoms with Crippen LogP contribution in [0.1, 0.15) is 26.7 Å². The highest BCUT2D eigenvalue weighted by Gasteiger charge is 2.23. The van der Waals surface area contributed by atoms with Gasteiger partial charge in [-0.25, -0.2) is 4.39 Å². The topological polar surface area (TPSA) is 87.3 Å². The number of hydrogen-bond donors (Lipinski definition) is 3. The third-order valence-electron chi connectivity index (χ3n) is 6.53. The maximum Gasteiger partial charge on any atom is 0.272 e. The van der Waals surface area contributed by atoms with Crippen molar-refractivity contribution in [3.05, 3.63) is 167 Å². The van der Waals surface area contributed by atoms with Crippen LogP contribution in [-0.2, 0) is 9.59 Å². The molecule has 0 aliphatic rings. The lowest BCUT2D eigenvalue weighted by Crippen LogP contribution is -2.30. The lowest BCUT2D eigenvalue weighted by atomic mass is 10.1. The molecule has 0 fully saturated rings. The summed E-state index contributed by atoms with van der Waals surface area (Å²) in [5.41, 5.74) is 2.21. The van der Waals surface area contributed by atoms with E-state index in [4.69, 9.17) is 11.6 Å². The van der Waals surface area contributed by atoms with Crippen molar-refractivity contribution in [2.24, 2.45) is 0 Å². The van der Waals surface area contributed by atoms with E-state index >= 15 is 0 Å². The number of carbonyl (C=O) groups excluding carboxylic acids is 3. The summed E-state index contributed by atoms with van der Waals surface area (Å²) >= 11 is 7.45. The molecule has 0 saturated carbocycles. The molecule has 3 N–H and O–H groups in total. The molecule has 0 aromatic heterocycles. The average Bonchev–Trinajstić information content (AvgIpc) is 3.05. The van der Waals surface area contributed by atoms with Gasteiger partial charge in [0.1, 0.15) is 16.8 Å². The molecule has 9 heteroatoms. The number of hydrogen-bond acceptors (Lipinski definition) is 4. The van der Waals surface area contributed by atoms with Crippen molar-refractivity contribution in [3.8, 4) is 0 Å². The summed E-state index contributed by atoms with van der Waals surface area (Å²) in [5.74, 6) is -1.90. The number of halogens is 2. The first-order valence-electron chi connectivity index (χ1n) is 13.9. The van der Waals surface area contributed by atoms with Gasteiger partial charge in [-0.3, -0.25) is 14.4 Å². The van der Waals surface area contributed by atoms with Crippen molar-refractivity contribution in [1.29, 1.82) is 0 Å². The van der Waals surface area contributed by atoms with Gasteiger partial charge in [0.05, 0.1) is 0 Å². The molecule has 5 aromatic carbocycles. The summed E-state index contributed by atoms with van der Waals surface area (Å²) in [5, 5.41) is 8.25. The van der Waals surface area contributed by atoms with Crippen molar-refractivity contribution >= 4 is 58.5 Å². The predicted octanol–water partition coefficient (Wildman–Crippen LogP) is 8.36.